The van der Waals surface area contributed by atoms with E-state index in [9.17, 15) is 9.00 Å². The van der Waals surface area contributed by atoms with Gasteiger partial charge in [-0.25, -0.2) is 9.97 Å². The second-order valence-corrected chi connectivity index (χ2v) is 8.55. The highest BCUT2D eigenvalue weighted by Crippen LogP contribution is 2.24. The third kappa shape index (κ3) is 4.90. The third-order valence-corrected chi connectivity index (χ3v) is 5.90. The summed E-state index contributed by atoms with van der Waals surface area (Å²) in [6.07, 6.45) is 4.86. The highest BCUT2D eigenvalue weighted by molar-refractivity contribution is 8.00. The number of amides is 1. The minimum Gasteiger partial charge on any atom is -0.378 e. The van der Waals surface area contributed by atoms with E-state index in [1.807, 2.05) is 30.3 Å². The van der Waals surface area contributed by atoms with Crippen molar-refractivity contribution in [1.82, 2.24) is 14.9 Å². The van der Waals surface area contributed by atoms with Crippen LogP contribution in [0.4, 0.5) is 11.6 Å². The van der Waals surface area contributed by atoms with Gasteiger partial charge in [0.1, 0.15) is 5.04 Å². The highest BCUT2D eigenvalue weighted by Gasteiger charge is 2.21. The molecule has 0 radical (unpaired) electrons. The molecular weight excluding hydrogens is 426 g/mol. The van der Waals surface area contributed by atoms with E-state index in [2.05, 4.69) is 15.3 Å². The van der Waals surface area contributed by atoms with Gasteiger partial charge in [0.2, 0.25) is 5.95 Å². The Morgan fingerprint density at radius 3 is 2.41 bits per heavy atom. The molecule has 2 N–H and O–H groups in total. The van der Waals surface area contributed by atoms with Crippen molar-refractivity contribution in [3.63, 3.8) is 0 Å². The van der Waals surface area contributed by atoms with Crippen molar-refractivity contribution in [3.8, 4) is 11.1 Å². The number of carbonyl (C=O) groups is 1. The molecule has 3 aromatic rings. The van der Waals surface area contributed by atoms with E-state index < -0.39 is 10.8 Å². The van der Waals surface area contributed by atoms with Gasteiger partial charge in [0.25, 0.3) is 5.91 Å². The lowest BCUT2D eigenvalue weighted by molar-refractivity contribution is 0.0303. The van der Waals surface area contributed by atoms with Gasteiger partial charge in [-0.1, -0.05) is 30.3 Å². The van der Waals surface area contributed by atoms with Crippen LogP contribution >= 0.6 is 0 Å². The van der Waals surface area contributed by atoms with Crippen LogP contribution in [0.25, 0.3) is 11.1 Å². The fourth-order valence-electron chi connectivity index (χ4n) is 3.38. The Hall–Kier alpha value is -3.43. The minimum absolute atomic E-state index is 0.0428. The van der Waals surface area contributed by atoms with Crippen LogP contribution in [0.2, 0.25) is 0 Å². The summed E-state index contributed by atoms with van der Waals surface area (Å²) in [5, 5.41) is 11.3. The number of hydrogen-bond acceptors (Lipinski definition) is 7. The van der Waals surface area contributed by atoms with Crippen molar-refractivity contribution >= 4 is 33.4 Å². The number of aromatic nitrogens is 2. The van der Waals surface area contributed by atoms with Gasteiger partial charge in [0.15, 0.2) is 0 Å². The molecular formula is C23H23N5O3S. The van der Waals surface area contributed by atoms with Crippen molar-refractivity contribution in [2.45, 2.75) is 0 Å². The second-order valence-electron chi connectivity index (χ2n) is 7.23. The molecule has 1 amide bonds. The largest absolute Gasteiger partial charge is 0.378 e. The average Bonchev–Trinajstić information content (AvgIpc) is 2.84. The maximum Gasteiger partial charge on any atom is 0.254 e. The number of ether oxygens (including phenoxy) is 1. The van der Waals surface area contributed by atoms with Crippen LogP contribution < -0.4 is 5.32 Å². The molecule has 1 atom stereocenters. The van der Waals surface area contributed by atoms with Crippen LogP contribution in [0.5, 0.6) is 0 Å². The van der Waals surface area contributed by atoms with Gasteiger partial charge in [-0.3, -0.25) is 14.4 Å². The van der Waals surface area contributed by atoms with E-state index in [1.165, 1.54) is 6.26 Å². The molecule has 1 aliphatic rings. The highest BCUT2D eigenvalue weighted by atomic mass is 32.2. The van der Waals surface area contributed by atoms with E-state index in [4.69, 9.17) is 10.1 Å². The number of anilines is 2. The zero-order valence-corrected chi connectivity index (χ0v) is 18.4. The molecule has 8 nitrogen and oxygen atoms in total. The van der Waals surface area contributed by atoms with Crippen LogP contribution in [0.1, 0.15) is 15.9 Å². The first-order valence-corrected chi connectivity index (χ1v) is 11.7. The molecule has 0 bridgehead atoms. The Morgan fingerprint density at radius 2 is 1.75 bits per heavy atom. The summed E-state index contributed by atoms with van der Waals surface area (Å²) in [4.78, 5) is 23.4. The summed E-state index contributed by atoms with van der Waals surface area (Å²) >= 11 is 0. The fraction of sp³-hybridized carbons (Fsp3) is 0.217. The molecule has 1 aromatic heterocycles. The quantitative estimate of drug-likeness (QED) is 0.458. The molecule has 32 heavy (non-hydrogen) atoms. The predicted molar refractivity (Wildman–Crippen MR) is 125 cm³/mol. The average molecular weight is 450 g/mol. The number of rotatable bonds is 5. The number of carbonyl (C=O) groups excluding carboxylic acids is 1. The van der Waals surface area contributed by atoms with Gasteiger partial charge < -0.3 is 15.0 Å². The molecule has 164 valence electrons. The van der Waals surface area contributed by atoms with Crippen molar-refractivity contribution in [1.29, 1.82) is 5.41 Å². The number of morpholine rings is 1. The Labute approximate surface area is 188 Å². The van der Waals surface area contributed by atoms with Gasteiger partial charge in [-0.05, 0) is 23.8 Å². The number of hydrogen-bond donors (Lipinski definition) is 2. The Bertz CT molecular complexity index is 1150. The predicted octanol–water partition coefficient (Wildman–Crippen LogP) is 3.06. The van der Waals surface area contributed by atoms with E-state index in [0.717, 1.165) is 11.1 Å². The summed E-state index contributed by atoms with van der Waals surface area (Å²) < 4.78 is 17.3. The summed E-state index contributed by atoms with van der Waals surface area (Å²) in [5.74, 6) is 0.198. The first-order valence-electron chi connectivity index (χ1n) is 10.1. The lowest BCUT2D eigenvalue weighted by Crippen LogP contribution is -2.40. The first-order chi connectivity index (χ1) is 15.5. The zero-order valence-electron chi connectivity index (χ0n) is 17.6. The van der Waals surface area contributed by atoms with Crippen LogP contribution in [0.15, 0.2) is 60.9 Å². The molecule has 2 aromatic carbocycles. The molecule has 1 aliphatic heterocycles. The van der Waals surface area contributed by atoms with Crippen LogP contribution in [-0.4, -0.2) is 62.6 Å². The molecule has 9 heteroatoms. The van der Waals surface area contributed by atoms with Crippen LogP contribution in [0.3, 0.4) is 0 Å². The molecule has 1 unspecified atom stereocenters. The van der Waals surface area contributed by atoms with E-state index in [-0.39, 0.29) is 11.0 Å². The Morgan fingerprint density at radius 1 is 1.06 bits per heavy atom. The fourth-order valence-corrected chi connectivity index (χ4v) is 3.86. The standard InChI is InChI=1S/C23H23N5O3S/c1-32(30)21(24)19-8-7-17(22(29)28-9-11-31-12-10-28)13-20(19)27-23-25-14-18(15-26-23)16-5-3-2-4-6-16/h2-8,13-15,24H,9-12H2,1H3,(H,25,26,27). The van der Waals surface area contributed by atoms with Gasteiger partial charge in [-0.2, -0.15) is 0 Å². The minimum atomic E-state index is -1.49. The monoisotopic (exact) mass is 449 g/mol. The van der Waals surface area contributed by atoms with E-state index in [0.29, 0.717) is 49.1 Å². The number of nitrogens with zero attached hydrogens (tertiary/aromatic N) is 3. The van der Waals surface area contributed by atoms with Crippen LogP contribution in [0, 0.1) is 5.41 Å². The summed E-state index contributed by atoms with van der Waals surface area (Å²) in [7, 11) is -1.49. The van der Waals surface area contributed by atoms with Crippen molar-refractivity contribution in [2.75, 3.05) is 37.9 Å². The molecule has 1 saturated heterocycles. The smallest absolute Gasteiger partial charge is 0.254 e. The summed E-state index contributed by atoms with van der Waals surface area (Å²) in [5.41, 5.74) is 3.22. The second kappa shape index (κ2) is 9.80. The summed E-state index contributed by atoms with van der Waals surface area (Å²) in [6.45, 7) is 2.08. The SMILES string of the molecule is CS(=O)C(=N)c1ccc(C(=O)N2CCOCC2)cc1Nc1ncc(-c2ccccc2)cn1. The van der Waals surface area contributed by atoms with Crippen molar-refractivity contribution < 1.29 is 13.7 Å². The van der Waals surface area contributed by atoms with Crippen LogP contribution in [-0.2, 0) is 15.5 Å². The van der Waals surface area contributed by atoms with Gasteiger partial charge in [0.05, 0.1) is 29.7 Å². The maximum absolute atomic E-state index is 12.9. The molecule has 0 spiro atoms. The lowest BCUT2D eigenvalue weighted by Gasteiger charge is -2.27. The number of nitrogens with one attached hydrogen (secondary N) is 2. The Kier molecular flexibility index (Phi) is 6.67. The van der Waals surface area contributed by atoms with E-state index >= 15 is 0 Å². The molecule has 2 heterocycles. The van der Waals surface area contributed by atoms with Gasteiger partial charge >= 0.3 is 0 Å². The van der Waals surface area contributed by atoms with Gasteiger partial charge in [-0.15, -0.1) is 0 Å². The third-order valence-electron chi connectivity index (χ3n) is 5.10. The maximum atomic E-state index is 12.9. The normalized spacial score (nSPS) is 14.6. The summed E-state index contributed by atoms with van der Waals surface area (Å²) in [6, 6.07) is 14.7. The Balaban J connectivity index is 1.63. The van der Waals surface area contributed by atoms with E-state index in [1.54, 1.807) is 35.5 Å². The van der Waals surface area contributed by atoms with Crippen molar-refractivity contribution in [3.05, 3.63) is 72.1 Å². The molecule has 4 rings (SSSR count). The molecule has 0 aliphatic carbocycles. The van der Waals surface area contributed by atoms with Gasteiger partial charge in [0, 0.05) is 48.4 Å². The topological polar surface area (TPSA) is 108 Å². The van der Waals surface area contributed by atoms with Crippen molar-refractivity contribution in [2.24, 2.45) is 0 Å². The molecule has 0 saturated carbocycles. The number of benzene rings is 2. The lowest BCUT2D eigenvalue weighted by atomic mass is 10.1. The first kappa shape index (κ1) is 21.8. The zero-order chi connectivity index (χ0) is 22.5. The molecule has 1 fully saturated rings.